The third-order valence-corrected chi connectivity index (χ3v) is 6.89. The summed E-state index contributed by atoms with van der Waals surface area (Å²) in [4.78, 5) is 40.6. The molecular formula is C28H24N4O4S. The number of benzene rings is 2. The number of nitrogens with zero attached hydrogens (tertiary/aromatic N) is 3. The Morgan fingerprint density at radius 3 is 2.57 bits per heavy atom. The number of thiophene rings is 1. The normalized spacial score (nSPS) is 14.3. The van der Waals surface area contributed by atoms with Gasteiger partial charge in [-0.05, 0) is 55.6 Å². The van der Waals surface area contributed by atoms with Crippen molar-refractivity contribution < 1.29 is 19.1 Å². The molecule has 2 aromatic heterocycles. The van der Waals surface area contributed by atoms with Crippen LogP contribution < -0.4 is 10.2 Å². The summed E-state index contributed by atoms with van der Waals surface area (Å²) in [5, 5.41) is 9.48. The van der Waals surface area contributed by atoms with Crippen molar-refractivity contribution in [2.24, 2.45) is 0 Å². The third-order valence-electron chi connectivity index (χ3n) is 6.01. The van der Waals surface area contributed by atoms with E-state index in [-0.39, 0.29) is 5.91 Å². The highest BCUT2D eigenvalue weighted by Gasteiger charge is 2.43. The van der Waals surface area contributed by atoms with Crippen LogP contribution in [0.5, 0.6) is 0 Å². The summed E-state index contributed by atoms with van der Waals surface area (Å²) in [6.07, 6.45) is 4.74. The Kier molecular flexibility index (Phi) is 6.45. The van der Waals surface area contributed by atoms with Gasteiger partial charge in [0.2, 0.25) is 5.91 Å². The summed E-state index contributed by atoms with van der Waals surface area (Å²) in [7, 11) is 0. The van der Waals surface area contributed by atoms with E-state index in [1.807, 2.05) is 54.0 Å². The third kappa shape index (κ3) is 4.81. The van der Waals surface area contributed by atoms with Crippen molar-refractivity contribution in [2.45, 2.75) is 19.4 Å². The molecule has 1 aliphatic heterocycles. The number of esters is 1. The van der Waals surface area contributed by atoms with Gasteiger partial charge in [0.05, 0.1) is 21.9 Å². The topological polar surface area (TPSA) is 93.5 Å². The molecule has 9 heteroatoms. The molecule has 0 unspecified atom stereocenters. The molecule has 8 nitrogen and oxygen atoms in total. The molecule has 3 heterocycles. The fourth-order valence-corrected chi connectivity index (χ4v) is 4.86. The van der Waals surface area contributed by atoms with Crippen LogP contribution in [0.2, 0.25) is 0 Å². The molecule has 1 aliphatic rings. The Morgan fingerprint density at radius 2 is 1.81 bits per heavy atom. The standard InChI is InChI=1S/C28H24N4O4S/c1-28(2)27(35)29-21-11-6-7-12-22(21)32(28)24(33)18-36-25(34)15-14-19-17-31(20-9-4-3-5-10-20)30-26(19)23-13-8-16-37-23/h3-17H,18H2,1-2H3,(H,29,35). The van der Waals surface area contributed by atoms with Crippen LogP contribution in [0.4, 0.5) is 11.4 Å². The van der Waals surface area contributed by atoms with Gasteiger partial charge in [0.25, 0.3) is 5.91 Å². The molecule has 0 saturated carbocycles. The molecule has 5 rings (SSSR count). The second-order valence-electron chi connectivity index (χ2n) is 8.89. The minimum atomic E-state index is -1.14. The van der Waals surface area contributed by atoms with Gasteiger partial charge in [0.1, 0.15) is 11.2 Å². The predicted molar refractivity (Wildman–Crippen MR) is 144 cm³/mol. The van der Waals surface area contributed by atoms with Crippen molar-refractivity contribution in [3.05, 3.63) is 89.9 Å². The second kappa shape index (κ2) is 9.87. The predicted octanol–water partition coefficient (Wildman–Crippen LogP) is 4.92. The van der Waals surface area contributed by atoms with Crippen LogP contribution in [0.15, 0.2) is 84.4 Å². The maximum absolute atomic E-state index is 13.1. The van der Waals surface area contributed by atoms with Gasteiger partial charge in [-0.2, -0.15) is 5.10 Å². The molecule has 37 heavy (non-hydrogen) atoms. The fourth-order valence-electron chi connectivity index (χ4n) is 4.13. The van der Waals surface area contributed by atoms with Crippen molar-refractivity contribution in [3.8, 4) is 16.3 Å². The lowest BCUT2D eigenvalue weighted by molar-refractivity contribution is -0.143. The number of hydrogen-bond donors (Lipinski definition) is 1. The van der Waals surface area contributed by atoms with Crippen molar-refractivity contribution >= 4 is 46.6 Å². The lowest BCUT2D eigenvalue weighted by atomic mass is 9.96. The number of anilines is 2. The molecule has 4 aromatic rings. The molecule has 0 bridgehead atoms. The number of hydrogen-bond acceptors (Lipinski definition) is 6. The highest BCUT2D eigenvalue weighted by atomic mass is 32.1. The van der Waals surface area contributed by atoms with E-state index in [0.29, 0.717) is 11.4 Å². The zero-order valence-corrected chi connectivity index (χ0v) is 21.1. The van der Waals surface area contributed by atoms with Gasteiger partial charge >= 0.3 is 5.97 Å². The Labute approximate surface area is 217 Å². The summed E-state index contributed by atoms with van der Waals surface area (Å²) >= 11 is 1.55. The van der Waals surface area contributed by atoms with Gasteiger partial charge in [-0.1, -0.05) is 36.4 Å². The van der Waals surface area contributed by atoms with Crippen LogP contribution in [0.3, 0.4) is 0 Å². The van der Waals surface area contributed by atoms with Crippen molar-refractivity contribution in [1.29, 1.82) is 0 Å². The van der Waals surface area contributed by atoms with Gasteiger partial charge in [0.15, 0.2) is 6.61 Å². The average molecular weight is 513 g/mol. The lowest BCUT2D eigenvalue weighted by Gasteiger charge is -2.41. The monoisotopic (exact) mass is 512 g/mol. The molecule has 0 fully saturated rings. The van der Waals surface area contributed by atoms with Gasteiger partial charge in [-0.15, -0.1) is 11.3 Å². The zero-order valence-electron chi connectivity index (χ0n) is 20.3. The second-order valence-corrected chi connectivity index (χ2v) is 9.84. The number of rotatable bonds is 6. The lowest BCUT2D eigenvalue weighted by Crippen LogP contribution is -2.59. The SMILES string of the molecule is CC1(C)C(=O)Nc2ccccc2N1C(=O)COC(=O)C=Cc1cn(-c2ccccc2)nc1-c1cccs1. The first-order valence-electron chi connectivity index (χ1n) is 11.6. The molecule has 2 aromatic carbocycles. The Bertz CT molecular complexity index is 1490. The summed E-state index contributed by atoms with van der Waals surface area (Å²) in [5.74, 6) is -1.49. The number of para-hydroxylation sites is 3. The van der Waals surface area contributed by atoms with Gasteiger partial charge in [0, 0.05) is 17.8 Å². The first-order chi connectivity index (χ1) is 17.8. The number of nitrogens with one attached hydrogen (secondary N) is 1. The van der Waals surface area contributed by atoms with Gasteiger partial charge in [-0.25, -0.2) is 9.48 Å². The Balaban J connectivity index is 1.32. The number of fused-ring (bicyclic) bond motifs is 1. The van der Waals surface area contributed by atoms with E-state index in [0.717, 1.165) is 21.8 Å². The molecule has 0 aliphatic carbocycles. The van der Waals surface area contributed by atoms with Crippen molar-refractivity contribution in [1.82, 2.24) is 9.78 Å². The summed E-state index contributed by atoms with van der Waals surface area (Å²) < 4.78 is 7.03. The maximum atomic E-state index is 13.1. The first-order valence-corrected chi connectivity index (χ1v) is 12.5. The maximum Gasteiger partial charge on any atom is 0.331 e. The van der Waals surface area contributed by atoms with E-state index in [2.05, 4.69) is 5.32 Å². The number of aromatic nitrogens is 2. The molecule has 0 atom stereocenters. The molecule has 0 saturated heterocycles. The quantitative estimate of drug-likeness (QED) is 0.292. The molecule has 0 spiro atoms. The molecule has 0 radical (unpaired) electrons. The van der Waals surface area contributed by atoms with Crippen LogP contribution in [0.25, 0.3) is 22.3 Å². The summed E-state index contributed by atoms with van der Waals surface area (Å²) in [6, 6.07) is 20.6. The number of amides is 2. The van der Waals surface area contributed by atoms with E-state index in [1.54, 1.807) is 60.2 Å². The molecular weight excluding hydrogens is 488 g/mol. The van der Waals surface area contributed by atoms with E-state index in [9.17, 15) is 14.4 Å². The smallest absolute Gasteiger partial charge is 0.331 e. The summed E-state index contributed by atoms with van der Waals surface area (Å²) in [5.41, 5.74) is 2.30. The minimum Gasteiger partial charge on any atom is -0.452 e. The van der Waals surface area contributed by atoms with E-state index in [4.69, 9.17) is 9.84 Å². The number of ether oxygens (including phenoxy) is 1. The molecule has 1 N–H and O–H groups in total. The van der Waals surface area contributed by atoms with Crippen LogP contribution in [-0.4, -0.2) is 39.7 Å². The fraction of sp³-hybridized carbons (Fsp3) is 0.143. The molecule has 2 amide bonds. The van der Waals surface area contributed by atoms with Crippen LogP contribution in [-0.2, 0) is 19.1 Å². The first kappa shape index (κ1) is 24.2. The van der Waals surface area contributed by atoms with Crippen LogP contribution >= 0.6 is 11.3 Å². The van der Waals surface area contributed by atoms with Crippen molar-refractivity contribution in [3.63, 3.8) is 0 Å². The molecule has 186 valence electrons. The van der Waals surface area contributed by atoms with E-state index < -0.39 is 24.0 Å². The van der Waals surface area contributed by atoms with Crippen LogP contribution in [0, 0.1) is 0 Å². The highest BCUT2D eigenvalue weighted by Crippen LogP contribution is 2.36. The van der Waals surface area contributed by atoms with Crippen LogP contribution in [0.1, 0.15) is 19.4 Å². The highest BCUT2D eigenvalue weighted by molar-refractivity contribution is 7.13. The summed E-state index contributed by atoms with van der Waals surface area (Å²) in [6.45, 7) is 2.79. The van der Waals surface area contributed by atoms with Gasteiger partial charge in [-0.3, -0.25) is 14.5 Å². The van der Waals surface area contributed by atoms with E-state index >= 15 is 0 Å². The zero-order chi connectivity index (χ0) is 26.0. The van der Waals surface area contributed by atoms with Crippen molar-refractivity contribution in [2.75, 3.05) is 16.8 Å². The Hall–Kier alpha value is -4.50. The minimum absolute atomic E-state index is 0.317. The average Bonchev–Trinajstić information content (AvgIpc) is 3.57. The van der Waals surface area contributed by atoms with Gasteiger partial charge < -0.3 is 10.1 Å². The number of carbonyl (C=O) groups excluding carboxylic acids is 3. The van der Waals surface area contributed by atoms with E-state index in [1.165, 1.54) is 11.0 Å². The largest absolute Gasteiger partial charge is 0.452 e. The number of carbonyl (C=O) groups is 3. The Morgan fingerprint density at radius 1 is 1.05 bits per heavy atom.